The van der Waals surface area contributed by atoms with E-state index in [4.69, 9.17) is 0 Å². The van der Waals surface area contributed by atoms with Crippen LogP contribution in [0.5, 0.6) is 0 Å². The van der Waals surface area contributed by atoms with Crippen LogP contribution < -0.4 is 0 Å². The molecule has 61 valence electrons. The molecule has 0 aromatic carbocycles. The Hall–Kier alpha value is -0.630. The molecule has 0 aromatic rings. The van der Waals surface area contributed by atoms with Gasteiger partial charge in [0.15, 0.2) is 0 Å². The quantitative estimate of drug-likeness (QED) is 0.565. The Kier molecular flexibility index (Phi) is 3.30. The summed E-state index contributed by atoms with van der Waals surface area (Å²) in [4.78, 5) is 12.6. The summed E-state index contributed by atoms with van der Waals surface area (Å²) >= 11 is 0. The van der Waals surface area contributed by atoms with Gasteiger partial charge in [-0.15, -0.1) is 6.58 Å². The van der Waals surface area contributed by atoms with Crippen molar-refractivity contribution in [3.05, 3.63) is 12.7 Å². The zero-order valence-electron chi connectivity index (χ0n) is 6.75. The number of piperidine rings is 1. The van der Waals surface area contributed by atoms with Crippen LogP contribution in [0.15, 0.2) is 12.7 Å². The largest absolute Gasteiger partial charge is 0.289 e. The predicted octanol–water partition coefficient (Wildman–Crippen LogP) is 1.14. The third kappa shape index (κ3) is 2.15. The molecule has 1 aliphatic heterocycles. The summed E-state index contributed by atoms with van der Waals surface area (Å²) in [6.07, 6.45) is 7.24. The highest BCUT2D eigenvalue weighted by atomic mass is 16.1. The maximum Gasteiger partial charge on any atom is 0.217 e. The lowest BCUT2D eigenvalue weighted by molar-refractivity contribution is 0.208. The van der Waals surface area contributed by atoms with Crippen LogP contribution in [0.2, 0.25) is 0 Å². The lowest BCUT2D eigenvalue weighted by Gasteiger charge is -2.30. The summed E-state index contributed by atoms with van der Waals surface area (Å²) in [7, 11) is 0. The first-order chi connectivity index (χ1) is 5.38. The van der Waals surface area contributed by atoms with Crippen LogP contribution in [0, 0.1) is 0 Å². The van der Waals surface area contributed by atoms with E-state index in [2.05, 4.69) is 17.8 Å². The highest BCUT2D eigenvalue weighted by Gasteiger charge is 2.20. The molecule has 0 saturated carbocycles. The van der Waals surface area contributed by atoms with Gasteiger partial charge in [-0.3, -0.25) is 9.69 Å². The van der Waals surface area contributed by atoms with Crippen molar-refractivity contribution in [3.8, 4) is 0 Å². The van der Waals surface area contributed by atoms with Crippen molar-refractivity contribution in [3.63, 3.8) is 0 Å². The van der Waals surface area contributed by atoms with Gasteiger partial charge in [0.25, 0.3) is 0 Å². The van der Waals surface area contributed by atoms with Crippen molar-refractivity contribution < 1.29 is 4.79 Å². The van der Waals surface area contributed by atoms with E-state index in [1.807, 2.05) is 6.08 Å². The molecule has 1 unspecified atom stereocenters. The maximum atomic E-state index is 10.4. The van der Waals surface area contributed by atoms with Gasteiger partial charge in [0.1, 0.15) is 0 Å². The van der Waals surface area contributed by atoms with E-state index in [1.54, 1.807) is 0 Å². The second kappa shape index (κ2) is 4.29. The van der Waals surface area contributed by atoms with Gasteiger partial charge in [0, 0.05) is 6.54 Å². The van der Waals surface area contributed by atoms with Gasteiger partial charge in [-0.1, -0.05) is 12.5 Å². The molecule has 0 aliphatic carbocycles. The monoisotopic (exact) mass is 152 g/mol. The van der Waals surface area contributed by atoms with Crippen LogP contribution in [0.1, 0.15) is 19.3 Å². The highest BCUT2D eigenvalue weighted by molar-refractivity contribution is 5.58. The van der Waals surface area contributed by atoms with Crippen LogP contribution in [0.4, 0.5) is 0 Å². The van der Waals surface area contributed by atoms with Crippen LogP contribution in [0.25, 0.3) is 0 Å². The summed E-state index contributed by atoms with van der Waals surface area (Å²) < 4.78 is 0. The Morgan fingerprint density at radius 2 is 2.45 bits per heavy atom. The number of hydrogen-bond acceptors (Lipinski definition) is 2. The normalized spacial score (nSPS) is 26.4. The summed E-state index contributed by atoms with van der Waals surface area (Å²) in [5.74, 6) is 0. The molecule has 2 heteroatoms. The van der Waals surface area contributed by atoms with Gasteiger partial charge in [-0.05, 0) is 19.4 Å². The van der Waals surface area contributed by atoms with E-state index < -0.39 is 0 Å². The van der Waals surface area contributed by atoms with Crippen molar-refractivity contribution in [2.75, 3.05) is 13.1 Å². The Balaban J connectivity index is 2.43. The third-order valence-corrected chi connectivity index (χ3v) is 2.11. The smallest absolute Gasteiger partial charge is 0.217 e. The first kappa shape index (κ1) is 8.47. The zero-order chi connectivity index (χ0) is 8.10. The average Bonchev–Trinajstić information content (AvgIpc) is 2.06. The molecule has 0 bridgehead atoms. The lowest BCUT2D eigenvalue weighted by atomic mass is 10.0. The predicted molar refractivity (Wildman–Crippen MR) is 45.1 cm³/mol. The molecule has 1 rings (SSSR count). The first-order valence-electron chi connectivity index (χ1n) is 4.11. The van der Waals surface area contributed by atoms with E-state index in [9.17, 15) is 4.79 Å². The molecule has 2 nitrogen and oxygen atoms in total. The lowest BCUT2D eigenvalue weighted by Crippen LogP contribution is -2.40. The van der Waals surface area contributed by atoms with E-state index >= 15 is 0 Å². The Labute approximate surface area is 67.9 Å². The molecule has 0 aromatic heterocycles. The number of nitrogens with zero attached hydrogens (tertiary/aromatic N) is 1. The number of likely N-dealkylation sites (tertiary alicyclic amines) is 1. The average molecular weight is 152 g/mol. The van der Waals surface area contributed by atoms with E-state index in [1.165, 1.54) is 6.42 Å². The Bertz CT molecular complexity index is 144. The van der Waals surface area contributed by atoms with Crippen LogP contribution in [-0.4, -0.2) is 30.3 Å². The van der Waals surface area contributed by atoms with Gasteiger partial charge in [0.05, 0.1) is 6.04 Å². The van der Waals surface area contributed by atoms with Crippen molar-refractivity contribution in [2.24, 2.45) is 0 Å². The molecule has 0 spiro atoms. The van der Waals surface area contributed by atoms with Crippen molar-refractivity contribution >= 4 is 6.29 Å². The maximum absolute atomic E-state index is 10.4. The molecule has 0 amide bonds. The summed E-state index contributed by atoms with van der Waals surface area (Å²) in [5, 5.41) is 0. The Morgan fingerprint density at radius 3 is 3.09 bits per heavy atom. The first-order valence-corrected chi connectivity index (χ1v) is 4.11. The van der Waals surface area contributed by atoms with Crippen molar-refractivity contribution in [1.29, 1.82) is 0 Å². The summed E-state index contributed by atoms with van der Waals surface area (Å²) in [6.45, 7) is 5.49. The summed E-state index contributed by atoms with van der Waals surface area (Å²) in [5.41, 5.74) is 0. The number of rotatable bonds is 3. The topological polar surface area (TPSA) is 20.3 Å². The van der Waals surface area contributed by atoms with E-state index in [0.29, 0.717) is 0 Å². The molecular weight excluding hydrogens is 138 g/mol. The second-order valence-electron chi connectivity index (χ2n) is 2.91. The fourth-order valence-corrected chi connectivity index (χ4v) is 1.51. The minimum absolute atomic E-state index is 0.0294. The molecule has 1 radical (unpaired) electrons. The minimum Gasteiger partial charge on any atom is -0.289 e. The van der Waals surface area contributed by atoms with Crippen molar-refractivity contribution in [2.45, 2.75) is 25.3 Å². The molecule has 1 atom stereocenters. The van der Waals surface area contributed by atoms with Gasteiger partial charge in [-0.25, -0.2) is 0 Å². The molecule has 1 fully saturated rings. The Morgan fingerprint density at radius 1 is 1.64 bits per heavy atom. The van der Waals surface area contributed by atoms with Crippen LogP contribution >= 0.6 is 0 Å². The number of hydrogen-bond donors (Lipinski definition) is 0. The molecule has 0 N–H and O–H groups in total. The molecule has 1 heterocycles. The van der Waals surface area contributed by atoms with E-state index in [-0.39, 0.29) is 6.04 Å². The number of carbonyl (C=O) groups excluding carboxylic acids is 1. The minimum atomic E-state index is 0.0294. The van der Waals surface area contributed by atoms with Gasteiger partial charge in [-0.2, -0.15) is 0 Å². The third-order valence-electron chi connectivity index (χ3n) is 2.11. The zero-order valence-corrected chi connectivity index (χ0v) is 6.75. The van der Waals surface area contributed by atoms with Gasteiger partial charge < -0.3 is 0 Å². The van der Waals surface area contributed by atoms with E-state index in [0.717, 1.165) is 25.9 Å². The molecule has 1 aliphatic rings. The standard InChI is InChI=1S/C9H14NO/c1-2-6-10-7-4-3-5-9(10)8-11/h2,9H,1,3-7H2. The molecular formula is C9H14NO. The van der Waals surface area contributed by atoms with Crippen LogP contribution in [0.3, 0.4) is 0 Å². The van der Waals surface area contributed by atoms with Gasteiger partial charge >= 0.3 is 0 Å². The highest BCUT2D eigenvalue weighted by Crippen LogP contribution is 2.14. The van der Waals surface area contributed by atoms with Crippen LogP contribution in [-0.2, 0) is 4.79 Å². The SMILES string of the molecule is C=CCN1CCCCC1[C]=O. The summed E-state index contributed by atoms with van der Waals surface area (Å²) in [6, 6.07) is 0.0294. The molecule has 1 saturated heterocycles. The fraction of sp³-hybridized carbons (Fsp3) is 0.667. The second-order valence-corrected chi connectivity index (χ2v) is 2.91. The van der Waals surface area contributed by atoms with Gasteiger partial charge in [0.2, 0.25) is 6.29 Å². The fourth-order valence-electron chi connectivity index (χ4n) is 1.51. The molecule has 11 heavy (non-hydrogen) atoms. The van der Waals surface area contributed by atoms with Crippen molar-refractivity contribution in [1.82, 2.24) is 4.90 Å².